The van der Waals surface area contributed by atoms with Crippen LogP contribution in [0.25, 0.3) is 0 Å². The number of hydrogen-bond acceptors (Lipinski definition) is 1. The van der Waals surface area contributed by atoms with Crippen LogP contribution in [0.1, 0.15) is 69.2 Å². The van der Waals surface area contributed by atoms with Gasteiger partial charge in [0.1, 0.15) is 8.07 Å². The van der Waals surface area contributed by atoms with Gasteiger partial charge in [-0.25, -0.2) is 0 Å². The Morgan fingerprint density at radius 2 is 0.971 bits per heavy atom. The van der Waals surface area contributed by atoms with E-state index < -0.39 is 21.7 Å². The number of aliphatic hydroxyl groups is 1. The van der Waals surface area contributed by atoms with Crippen molar-refractivity contribution in [1.82, 2.24) is 0 Å². The average molecular weight is 489 g/mol. The summed E-state index contributed by atoms with van der Waals surface area (Å²) in [6.07, 6.45) is 0. The van der Waals surface area contributed by atoms with Crippen LogP contribution in [0.15, 0.2) is 60.7 Å². The summed E-state index contributed by atoms with van der Waals surface area (Å²) in [5.41, 5.74) is 7.59. The summed E-state index contributed by atoms with van der Waals surface area (Å²) in [5, 5.41) is 13.9. The van der Waals surface area contributed by atoms with Crippen LogP contribution in [0.4, 0.5) is 0 Å². The third-order valence-electron chi connectivity index (χ3n) is 7.42. The summed E-state index contributed by atoms with van der Waals surface area (Å²) in [6, 6.07) is 21.3. The van der Waals surface area contributed by atoms with Gasteiger partial charge in [-0.3, -0.25) is 0 Å². The Bertz CT molecular complexity index is 992. The Hall–Kier alpha value is -2.05. The van der Waals surface area contributed by atoms with Crippen molar-refractivity contribution in [2.75, 3.05) is 0 Å². The van der Waals surface area contributed by atoms with Gasteiger partial charge < -0.3 is 5.11 Å². The molecule has 1 unspecified atom stereocenters. The summed E-state index contributed by atoms with van der Waals surface area (Å²) in [5.74, 6) is 6.60. The Labute approximate surface area is 211 Å². The van der Waals surface area contributed by atoms with E-state index in [9.17, 15) is 5.11 Å². The second-order valence-corrected chi connectivity index (χ2v) is 21.7. The zero-order valence-corrected chi connectivity index (χ0v) is 25.0. The second-order valence-electron chi connectivity index (χ2n) is 11.7. The number of hydrogen-bond donors (Lipinski definition) is 1. The largest absolute Gasteiger partial charge is 0.367 e. The second kappa shape index (κ2) is 10.7. The van der Waals surface area contributed by atoms with Gasteiger partial charge in [0, 0.05) is 0 Å². The van der Waals surface area contributed by atoms with Crippen LogP contribution in [-0.2, 0) is 0 Å². The summed E-state index contributed by atoms with van der Waals surface area (Å²) >= 11 is 0. The quantitative estimate of drug-likeness (QED) is 0.373. The monoisotopic (exact) mass is 488 g/mol. The maximum Gasteiger partial charge on any atom is 0.204 e. The van der Waals surface area contributed by atoms with Gasteiger partial charge in [-0.05, 0) is 39.0 Å². The normalized spacial score (nSPS) is 14.3. The van der Waals surface area contributed by atoms with E-state index in [1.807, 2.05) is 0 Å². The fourth-order valence-corrected chi connectivity index (χ4v) is 15.5. The lowest BCUT2D eigenvalue weighted by molar-refractivity contribution is 0.185. The molecule has 0 heterocycles. The highest BCUT2D eigenvalue weighted by atomic mass is 28.3. The van der Waals surface area contributed by atoms with Crippen molar-refractivity contribution in [2.45, 2.75) is 96.5 Å². The van der Waals surface area contributed by atoms with E-state index in [0.29, 0.717) is 16.6 Å². The first-order chi connectivity index (χ1) is 15.7. The van der Waals surface area contributed by atoms with E-state index in [2.05, 4.69) is 146 Å². The average Bonchev–Trinajstić information content (AvgIpc) is 2.74. The molecule has 34 heavy (non-hydrogen) atoms. The molecule has 3 heteroatoms. The molecule has 0 spiro atoms. The lowest BCUT2D eigenvalue weighted by Crippen LogP contribution is -2.63. The molecule has 2 aromatic carbocycles. The molecule has 0 saturated heterocycles. The highest BCUT2D eigenvalue weighted by molar-refractivity contribution is 7.10. The van der Waals surface area contributed by atoms with Crippen LogP contribution in [0.5, 0.6) is 0 Å². The van der Waals surface area contributed by atoms with E-state index in [0.717, 1.165) is 0 Å². The molecular formula is C31H44OSi2. The van der Waals surface area contributed by atoms with Crippen molar-refractivity contribution in [3.8, 4) is 22.9 Å². The molecule has 0 aromatic heterocycles. The van der Waals surface area contributed by atoms with Crippen LogP contribution in [0.3, 0.4) is 0 Å². The minimum absolute atomic E-state index is 0.0848. The third-order valence-corrected chi connectivity index (χ3v) is 18.9. The van der Waals surface area contributed by atoms with E-state index in [-0.39, 0.29) is 5.04 Å². The third kappa shape index (κ3) is 5.60. The molecule has 0 saturated carbocycles. The maximum atomic E-state index is 11.4. The zero-order valence-electron chi connectivity index (χ0n) is 23.0. The van der Waals surface area contributed by atoms with Gasteiger partial charge in [0.2, 0.25) is 8.07 Å². The van der Waals surface area contributed by atoms with Gasteiger partial charge in [-0.2, -0.15) is 0 Å². The zero-order chi connectivity index (χ0) is 25.8. The molecule has 1 nitrogen and oxygen atoms in total. The minimum Gasteiger partial charge on any atom is -0.367 e. The Morgan fingerprint density at radius 3 is 1.29 bits per heavy atom. The van der Waals surface area contributed by atoms with Gasteiger partial charge in [0.05, 0.1) is 0 Å². The van der Waals surface area contributed by atoms with Crippen LogP contribution >= 0.6 is 0 Å². The van der Waals surface area contributed by atoms with Crippen molar-refractivity contribution in [3.63, 3.8) is 0 Å². The summed E-state index contributed by atoms with van der Waals surface area (Å²) in [6.45, 7) is 22.4. The van der Waals surface area contributed by atoms with Crippen molar-refractivity contribution < 1.29 is 5.11 Å². The highest BCUT2D eigenvalue weighted by Crippen LogP contribution is 2.41. The first-order valence-corrected chi connectivity index (χ1v) is 16.9. The molecule has 0 aliphatic rings. The molecule has 182 valence electrons. The predicted octanol–water partition coefficient (Wildman–Crippen LogP) is 6.56. The van der Waals surface area contributed by atoms with Crippen LogP contribution in [-0.4, -0.2) is 26.9 Å². The molecule has 0 aliphatic heterocycles. The van der Waals surface area contributed by atoms with Gasteiger partial charge in [-0.15, -0.1) is 11.1 Å². The molecule has 0 radical (unpaired) electrons. The fourth-order valence-electron chi connectivity index (χ4n) is 5.65. The van der Waals surface area contributed by atoms with Crippen molar-refractivity contribution in [1.29, 1.82) is 0 Å². The molecule has 2 rings (SSSR count). The van der Waals surface area contributed by atoms with E-state index in [1.165, 1.54) is 10.4 Å². The molecule has 1 atom stereocenters. The first kappa shape index (κ1) is 28.2. The number of rotatable bonds is 5. The van der Waals surface area contributed by atoms with Crippen molar-refractivity contribution in [2.24, 2.45) is 0 Å². The Kier molecular flexibility index (Phi) is 8.87. The van der Waals surface area contributed by atoms with Gasteiger partial charge in [0.25, 0.3) is 0 Å². The van der Waals surface area contributed by atoms with Crippen LogP contribution < -0.4 is 10.4 Å². The minimum atomic E-state index is -2.58. The summed E-state index contributed by atoms with van der Waals surface area (Å²) in [4.78, 5) is 0. The summed E-state index contributed by atoms with van der Waals surface area (Å²) in [7, 11) is -4.53. The van der Waals surface area contributed by atoms with E-state index in [4.69, 9.17) is 0 Å². The fraction of sp³-hybridized carbons (Fsp3) is 0.484. The molecule has 0 aliphatic carbocycles. The number of benzene rings is 2. The predicted molar refractivity (Wildman–Crippen MR) is 155 cm³/mol. The van der Waals surface area contributed by atoms with E-state index in [1.54, 1.807) is 6.92 Å². The van der Waals surface area contributed by atoms with Crippen molar-refractivity contribution >= 4 is 26.5 Å². The molecule has 1 N–H and O–H groups in total. The van der Waals surface area contributed by atoms with Crippen molar-refractivity contribution in [3.05, 3.63) is 60.7 Å². The standard InChI is InChI=1S/C31H44OSi2/c1-25(2)33(26(3)4,27(5)6)23-21-31(10,32)22-24-34(30(7,8)9,28-17-13-11-14-18-28)29-19-15-12-16-20-29/h11-20,25-27,32H,1-10H3. The summed E-state index contributed by atoms with van der Waals surface area (Å²) < 4.78 is 0. The molecule has 0 bridgehead atoms. The van der Waals surface area contributed by atoms with E-state index >= 15 is 0 Å². The van der Waals surface area contributed by atoms with Gasteiger partial charge in [0.15, 0.2) is 5.60 Å². The smallest absolute Gasteiger partial charge is 0.204 e. The van der Waals surface area contributed by atoms with Crippen LogP contribution in [0, 0.1) is 22.9 Å². The molecule has 0 amide bonds. The van der Waals surface area contributed by atoms with Gasteiger partial charge in [-0.1, -0.05) is 135 Å². The highest BCUT2D eigenvalue weighted by Gasteiger charge is 2.47. The molecule has 2 aromatic rings. The SMILES string of the molecule is CC(C)[Si](C#CC(C)(O)C#C[Si](c1ccccc1)(c1ccccc1)C(C)(C)C)(C(C)C)C(C)C. The lowest BCUT2D eigenvalue weighted by atomic mass is 10.1. The lowest BCUT2D eigenvalue weighted by Gasteiger charge is -2.40. The Morgan fingerprint density at radius 1 is 0.618 bits per heavy atom. The topological polar surface area (TPSA) is 20.2 Å². The first-order valence-electron chi connectivity index (χ1n) is 12.6. The Balaban J connectivity index is 2.76. The molecule has 0 fully saturated rings. The molecular weight excluding hydrogens is 445 g/mol. The maximum absolute atomic E-state index is 11.4. The van der Waals surface area contributed by atoms with Gasteiger partial charge >= 0.3 is 0 Å². The van der Waals surface area contributed by atoms with Crippen LogP contribution in [0.2, 0.25) is 21.7 Å².